The molecule has 0 radical (unpaired) electrons. The highest BCUT2D eigenvalue weighted by Gasteiger charge is 2.21. The Kier molecular flexibility index (Phi) is 6.12. The second-order valence-electron chi connectivity index (χ2n) is 4.09. The standard InChI is InChI=1S/C13H20N2O4S/c1-4-15(5-2)20(17,18)12-8-6-11(7-9-12)14-13(16)10-19-3/h6-9H,4-5,10H2,1-3H3,(H,14,16). The molecule has 20 heavy (non-hydrogen) atoms. The quantitative estimate of drug-likeness (QED) is 0.823. The molecule has 1 aromatic carbocycles. The highest BCUT2D eigenvalue weighted by Crippen LogP contribution is 2.18. The molecular weight excluding hydrogens is 280 g/mol. The molecule has 0 bridgehead atoms. The summed E-state index contributed by atoms with van der Waals surface area (Å²) in [6.45, 7) is 4.39. The summed E-state index contributed by atoms with van der Waals surface area (Å²) in [4.78, 5) is 11.5. The van der Waals surface area contributed by atoms with E-state index in [2.05, 4.69) is 5.32 Å². The van der Waals surface area contributed by atoms with Gasteiger partial charge in [-0.2, -0.15) is 4.31 Å². The van der Waals surface area contributed by atoms with Crippen LogP contribution in [-0.2, 0) is 19.6 Å². The third-order valence-electron chi connectivity index (χ3n) is 2.76. The van der Waals surface area contributed by atoms with Gasteiger partial charge in [0, 0.05) is 25.9 Å². The summed E-state index contributed by atoms with van der Waals surface area (Å²) in [6.07, 6.45) is 0. The Morgan fingerprint density at radius 2 is 1.75 bits per heavy atom. The summed E-state index contributed by atoms with van der Waals surface area (Å²) in [5.74, 6) is -0.285. The van der Waals surface area contributed by atoms with Gasteiger partial charge in [-0.1, -0.05) is 13.8 Å². The van der Waals surface area contributed by atoms with Crippen molar-refractivity contribution in [1.82, 2.24) is 4.31 Å². The average molecular weight is 300 g/mol. The van der Waals surface area contributed by atoms with Crippen molar-refractivity contribution in [1.29, 1.82) is 0 Å². The number of rotatable bonds is 7. The van der Waals surface area contributed by atoms with Crippen LogP contribution in [0.5, 0.6) is 0 Å². The van der Waals surface area contributed by atoms with E-state index in [-0.39, 0.29) is 17.4 Å². The van der Waals surface area contributed by atoms with Crippen LogP contribution >= 0.6 is 0 Å². The van der Waals surface area contributed by atoms with Gasteiger partial charge in [0.05, 0.1) is 4.90 Å². The van der Waals surface area contributed by atoms with Crippen molar-refractivity contribution in [3.63, 3.8) is 0 Å². The number of nitrogens with one attached hydrogen (secondary N) is 1. The lowest BCUT2D eigenvalue weighted by molar-refractivity contribution is -0.119. The van der Waals surface area contributed by atoms with Crippen molar-refractivity contribution in [3.8, 4) is 0 Å². The highest BCUT2D eigenvalue weighted by molar-refractivity contribution is 7.89. The number of nitrogens with zero attached hydrogens (tertiary/aromatic N) is 1. The molecule has 0 aliphatic heterocycles. The van der Waals surface area contributed by atoms with Crippen LogP contribution < -0.4 is 5.32 Å². The van der Waals surface area contributed by atoms with Gasteiger partial charge in [-0.3, -0.25) is 4.79 Å². The third kappa shape index (κ3) is 4.03. The fourth-order valence-electron chi connectivity index (χ4n) is 1.75. The van der Waals surface area contributed by atoms with E-state index in [0.717, 1.165) is 0 Å². The van der Waals surface area contributed by atoms with Gasteiger partial charge in [0.2, 0.25) is 15.9 Å². The zero-order chi connectivity index (χ0) is 15.2. The largest absolute Gasteiger partial charge is 0.375 e. The number of carbonyl (C=O) groups excluding carboxylic acids is 1. The molecule has 1 aromatic rings. The van der Waals surface area contributed by atoms with Gasteiger partial charge in [-0.15, -0.1) is 0 Å². The molecule has 7 heteroatoms. The molecule has 0 unspecified atom stereocenters. The van der Waals surface area contributed by atoms with Crippen LogP contribution in [0.2, 0.25) is 0 Å². The maximum atomic E-state index is 12.2. The minimum Gasteiger partial charge on any atom is -0.375 e. The molecule has 0 aliphatic carbocycles. The number of sulfonamides is 1. The van der Waals surface area contributed by atoms with Crippen LogP contribution in [0.25, 0.3) is 0 Å². The van der Waals surface area contributed by atoms with Crippen molar-refractivity contribution in [2.75, 3.05) is 32.1 Å². The number of methoxy groups -OCH3 is 1. The summed E-state index contributed by atoms with van der Waals surface area (Å²) in [5.41, 5.74) is 0.533. The SMILES string of the molecule is CCN(CC)S(=O)(=O)c1ccc(NC(=O)COC)cc1. The number of anilines is 1. The van der Waals surface area contributed by atoms with E-state index in [4.69, 9.17) is 4.74 Å². The predicted octanol–water partition coefficient (Wildman–Crippen LogP) is 1.30. The molecule has 6 nitrogen and oxygen atoms in total. The fraction of sp³-hybridized carbons (Fsp3) is 0.462. The third-order valence-corrected chi connectivity index (χ3v) is 4.82. The Hall–Kier alpha value is -1.44. The maximum absolute atomic E-state index is 12.2. The monoisotopic (exact) mass is 300 g/mol. The minimum atomic E-state index is -3.46. The van der Waals surface area contributed by atoms with Crippen LogP contribution in [0.1, 0.15) is 13.8 Å². The molecule has 0 fully saturated rings. The fourth-order valence-corrected chi connectivity index (χ4v) is 3.21. The van der Waals surface area contributed by atoms with Crippen molar-refractivity contribution < 1.29 is 17.9 Å². The van der Waals surface area contributed by atoms with E-state index in [1.54, 1.807) is 26.0 Å². The Bertz CT molecular complexity index is 536. The Labute approximate surface area is 119 Å². The van der Waals surface area contributed by atoms with Crippen molar-refractivity contribution in [3.05, 3.63) is 24.3 Å². The molecule has 112 valence electrons. The van der Waals surface area contributed by atoms with Crippen molar-refractivity contribution >= 4 is 21.6 Å². The molecule has 0 heterocycles. The van der Waals surface area contributed by atoms with E-state index in [0.29, 0.717) is 18.8 Å². The Balaban J connectivity index is 2.88. The first kappa shape index (κ1) is 16.6. The Morgan fingerprint density at radius 1 is 1.20 bits per heavy atom. The number of hydrogen-bond donors (Lipinski definition) is 1. The van der Waals surface area contributed by atoms with Crippen LogP contribution in [0.3, 0.4) is 0 Å². The van der Waals surface area contributed by atoms with Gasteiger partial charge in [0.25, 0.3) is 0 Å². The van der Waals surface area contributed by atoms with Gasteiger partial charge < -0.3 is 10.1 Å². The molecule has 0 spiro atoms. The summed E-state index contributed by atoms with van der Waals surface area (Å²) < 4.78 is 30.6. The molecule has 0 saturated carbocycles. The van der Waals surface area contributed by atoms with Gasteiger partial charge in [-0.05, 0) is 24.3 Å². The zero-order valence-electron chi connectivity index (χ0n) is 11.9. The average Bonchev–Trinajstić information content (AvgIpc) is 2.40. The second kappa shape index (κ2) is 7.37. The number of hydrogen-bond acceptors (Lipinski definition) is 4. The number of ether oxygens (including phenoxy) is 1. The first-order chi connectivity index (χ1) is 9.45. The summed E-state index contributed by atoms with van der Waals surface area (Å²) >= 11 is 0. The minimum absolute atomic E-state index is 0.0422. The van der Waals surface area contributed by atoms with Crippen LogP contribution in [0.4, 0.5) is 5.69 Å². The maximum Gasteiger partial charge on any atom is 0.250 e. The number of carbonyl (C=O) groups is 1. The lowest BCUT2D eigenvalue weighted by Crippen LogP contribution is -2.30. The van der Waals surface area contributed by atoms with Crippen molar-refractivity contribution in [2.24, 2.45) is 0 Å². The molecule has 1 amide bonds. The van der Waals surface area contributed by atoms with Gasteiger partial charge >= 0.3 is 0 Å². The van der Waals surface area contributed by atoms with Crippen LogP contribution in [0, 0.1) is 0 Å². The van der Waals surface area contributed by atoms with Crippen LogP contribution in [0.15, 0.2) is 29.2 Å². The van der Waals surface area contributed by atoms with Gasteiger partial charge in [0.15, 0.2) is 0 Å². The zero-order valence-corrected chi connectivity index (χ0v) is 12.7. The first-order valence-electron chi connectivity index (χ1n) is 6.34. The van der Waals surface area contributed by atoms with E-state index in [1.807, 2.05) is 0 Å². The molecule has 0 aromatic heterocycles. The highest BCUT2D eigenvalue weighted by atomic mass is 32.2. The molecule has 1 rings (SSSR count). The second-order valence-corrected chi connectivity index (χ2v) is 6.03. The van der Waals surface area contributed by atoms with Crippen LogP contribution in [-0.4, -0.2) is 45.4 Å². The van der Waals surface area contributed by atoms with E-state index in [1.165, 1.54) is 23.5 Å². The van der Waals surface area contributed by atoms with Gasteiger partial charge in [-0.25, -0.2) is 8.42 Å². The van der Waals surface area contributed by atoms with E-state index in [9.17, 15) is 13.2 Å². The predicted molar refractivity (Wildman–Crippen MR) is 77.1 cm³/mol. The molecule has 0 saturated heterocycles. The molecular formula is C13H20N2O4S. The van der Waals surface area contributed by atoms with Gasteiger partial charge in [0.1, 0.15) is 6.61 Å². The lowest BCUT2D eigenvalue weighted by Gasteiger charge is -2.18. The molecule has 1 N–H and O–H groups in total. The van der Waals surface area contributed by atoms with E-state index >= 15 is 0 Å². The summed E-state index contributed by atoms with van der Waals surface area (Å²) in [6, 6.07) is 6.08. The normalized spacial score (nSPS) is 11.6. The lowest BCUT2D eigenvalue weighted by atomic mass is 10.3. The Morgan fingerprint density at radius 3 is 2.20 bits per heavy atom. The number of amides is 1. The summed E-state index contributed by atoms with van der Waals surface area (Å²) in [5, 5.41) is 2.61. The molecule has 0 atom stereocenters. The van der Waals surface area contributed by atoms with Crippen molar-refractivity contribution in [2.45, 2.75) is 18.7 Å². The first-order valence-corrected chi connectivity index (χ1v) is 7.78. The topological polar surface area (TPSA) is 75.7 Å². The molecule has 0 aliphatic rings. The number of benzene rings is 1. The summed E-state index contributed by atoms with van der Waals surface area (Å²) in [7, 11) is -2.03. The van der Waals surface area contributed by atoms with E-state index < -0.39 is 10.0 Å². The smallest absolute Gasteiger partial charge is 0.250 e.